The smallest absolute Gasteiger partial charge is 0.223 e. The molecule has 0 fully saturated rings. The van der Waals surface area contributed by atoms with E-state index in [1.54, 1.807) is 18.2 Å². The van der Waals surface area contributed by atoms with Gasteiger partial charge < -0.3 is 11.1 Å². The molecule has 3 N–H and O–H groups in total. The number of aromatic nitrogens is 2. The Kier molecular flexibility index (Phi) is 4.74. The van der Waals surface area contributed by atoms with E-state index in [0.29, 0.717) is 20.9 Å². The summed E-state index contributed by atoms with van der Waals surface area (Å²) in [6.45, 7) is 2.75. The van der Waals surface area contributed by atoms with Crippen LogP contribution in [0.3, 0.4) is 0 Å². The minimum absolute atomic E-state index is 0.221. The number of halogens is 2. The van der Waals surface area contributed by atoms with Crippen molar-refractivity contribution in [1.29, 1.82) is 0 Å². The Labute approximate surface area is 125 Å². The summed E-state index contributed by atoms with van der Waals surface area (Å²) in [6.07, 6.45) is 0. The Hall–Kier alpha value is -1.17. The molecule has 7 heteroatoms. The van der Waals surface area contributed by atoms with Crippen LogP contribution in [0.15, 0.2) is 34.2 Å². The van der Waals surface area contributed by atoms with Gasteiger partial charge in [-0.3, -0.25) is 0 Å². The highest BCUT2D eigenvalue weighted by Crippen LogP contribution is 2.34. The summed E-state index contributed by atoms with van der Waals surface area (Å²) in [6, 6.07) is 7.11. The van der Waals surface area contributed by atoms with Crippen LogP contribution >= 0.6 is 35.0 Å². The van der Waals surface area contributed by atoms with Gasteiger partial charge in [0.15, 0.2) is 0 Å². The average Bonchev–Trinajstić information content (AvgIpc) is 2.33. The summed E-state index contributed by atoms with van der Waals surface area (Å²) in [5.74, 6) is 0.912. The molecule has 0 saturated heterocycles. The van der Waals surface area contributed by atoms with Crippen LogP contribution in [0.25, 0.3) is 0 Å². The number of nitrogens with two attached hydrogens (primary N) is 1. The van der Waals surface area contributed by atoms with Crippen molar-refractivity contribution >= 4 is 46.7 Å². The zero-order valence-corrected chi connectivity index (χ0v) is 12.5. The van der Waals surface area contributed by atoms with Crippen molar-refractivity contribution in [2.75, 3.05) is 17.6 Å². The number of nitrogens with one attached hydrogen (secondary N) is 1. The molecule has 0 radical (unpaired) electrons. The van der Waals surface area contributed by atoms with E-state index in [-0.39, 0.29) is 5.95 Å². The van der Waals surface area contributed by atoms with Gasteiger partial charge in [-0.15, -0.1) is 0 Å². The Balaban J connectivity index is 2.29. The van der Waals surface area contributed by atoms with Crippen LogP contribution in [-0.2, 0) is 0 Å². The zero-order valence-electron chi connectivity index (χ0n) is 10.2. The minimum atomic E-state index is 0.221. The zero-order chi connectivity index (χ0) is 13.8. The summed E-state index contributed by atoms with van der Waals surface area (Å²) in [5, 5.41) is 5.06. The monoisotopic (exact) mass is 314 g/mol. The molecule has 0 unspecified atom stereocenters. The average molecular weight is 315 g/mol. The first-order valence-electron chi connectivity index (χ1n) is 5.60. The highest BCUT2D eigenvalue weighted by atomic mass is 35.5. The molecule has 4 nitrogen and oxygen atoms in total. The van der Waals surface area contributed by atoms with Gasteiger partial charge in [0.05, 0.1) is 5.02 Å². The molecule has 0 amide bonds. The molecule has 0 saturated carbocycles. The fourth-order valence-electron chi connectivity index (χ4n) is 1.43. The maximum absolute atomic E-state index is 6.12. The second kappa shape index (κ2) is 6.32. The molecule has 0 spiro atoms. The van der Waals surface area contributed by atoms with Crippen molar-refractivity contribution in [3.63, 3.8) is 0 Å². The lowest BCUT2D eigenvalue weighted by molar-refractivity contribution is 1.04. The number of anilines is 2. The topological polar surface area (TPSA) is 63.8 Å². The van der Waals surface area contributed by atoms with Gasteiger partial charge >= 0.3 is 0 Å². The second-order valence-corrected chi connectivity index (χ2v) is 5.56. The van der Waals surface area contributed by atoms with Gasteiger partial charge in [-0.25, -0.2) is 4.98 Å². The van der Waals surface area contributed by atoms with Crippen LogP contribution in [0, 0.1) is 0 Å². The molecule has 2 rings (SSSR count). The van der Waals surface area contributed by atoms with Crippen molar-refractivity contribution in [2.24, 2.45) is 0 Å². The van der Waals surface area contributed by atoms with Crippen molar-refractivity contribution in [2.45, 2.75) is 16.8 Å². The number of nitrogen functional groups attached to an aromatic ring is 1. The maximum atomic E-state index is 6.12. The lowest BCUT2D eigenvalue weighted by Crippen LogP contribution is -2.03. The van der Waals surface area contributed by atoms with E-state index in [9.17, 15) is 0 Å². The number of benzene rings is 1. The van der Waals surface area contributed by atoms with Crippen molar-refractivity contribution in [3.8, 4) is 0 Å². The van der Waals surface area contributed by atoms with E-state index in [1.807, 2.05) is 13.0 Å². The molecular formula is C12H12Cl2N4S. The van der Waals surface area contributed by atoms with Crippen LogP contribution in [-0.4, -0.2) is 16.5 Å². The highest BCUT2D eigenvalue weighted by Gasteiger charge is 2.07. The molecule has 0 bridgehead atoms. The molecule has 1 aromatic heterocycles. The van der Waals surface area contributed by atoms with Crippen LogP contribution in [0.5, 0.6) is 0 Å². The number of hydrogen-bond acceptors (Lipinski definition) is 5. The van der Waals surface area contributed by atoms with E-state index in [4.69, 9.17) is 28.9 Å². The van der Waals surface area contributed by atoms with Crippen molar-refractivity contribution in [1.82, 2.24) is 9.97 Å². The van der Waals surface area contributed by atoms with Gasteiger partial charge in [0.2, 0.25) is 5.95 Å². The van der Waals surface area contributed by atoms with Crippen molar-refractivity contribution < 1.29 is 0 Å². The van der Waals surface area contributed by atoms with E-state index in [0.717, 1.165) is 11.4 Å². The van der Waals surface area contributed by atoms with Crippen LogP contribution in [0.1, 0.15) is 6.92 Å². The fourth-order valence-corrected chi connectivity index (χ4v) is 2.79. The summed E-state index contributed by atoms with van der Waals surface area (Å²) in [4.78, 5) is 9.09. The Morgan fingerprint density at radius 3 is 2.79 bits per heavy atom. The van der Waals surface area contributed by atoms with E-state index >= 15 is 0 Å². The lowest BCUT2D eigenvalue weighted by Gasteiger charge is -2.07. The number of nitrogens with zero attached hydrogens (tertiary/aromatic N) is 2. The molecule has 0 atom stereocenters. The van der Waals surface area contributed by atoms with Crippen LogP contribution in [0.2, 0.25) is 10.0 Å². The second-order valence-electron chi connectivity index (χ2n) is 3.66. The SMILES string of the molecule is CCNc1cc(Sc2cc(Cl)ccc2Cl)nc(N)n1. The third-order valence-corrected chi connectivity index (χ3v) is 3.84. The summed E-state index contributed by atoms with van der Waals surface area (Å²) < 4.78 is 0. The first-order valence-corrected chi connectivity index (χ1v) is 7.17. The predicted molar refractivity (Wildman–Crippen MR) is 81.2 cm³/mol. The van der Waals surface area contributed by atoms with Gasteiger partial charge in [0, 0.05) is 22.5 Å². The number of hydrogen-bond donors (Lipinski definition) is 2. The first-order chi connectivity index (χ1) is 9.08. The van der Waals surface area contributed by atoms with Gasteiger partial charge in [0.1, 0.15) is 10.8 Å². The highest BCUT2D eigenvalue weighted by molar-refractivity contribution is 7.99. The van der Waals surface area contributed by atoms with Gasteiger partial charge in [-0.2, -0.15) is 4.98 Å². The third kappa shape index (κ3) is 3.89. The fraction of sp³-hybridized carbons (Fsp3) is 0.167. The molecule has 0 aliphatic rings. The quantitative estimate of drug-likeness (QED) is 0.837. The molecule has 100 valence electrons. The summed E-state index contributed by atoms with van der Waals surface area (Å²) in [5.41, 5.74) is 5.68. The molecular weight excluding hydrogens is 303 g/mol. The normalized spacial score (nSPS) is 10.5. The maximum Gasteiger partial charge on any atom is 0.223 e. The van der Waals surface area contributed by atoms with Gasteiger partial charge in [-0.1, -0.05) is 35.0 Å². The summed E-state index contributed by atoms with van der Waals surface area (Å²) in [7, 11) is 0. The van der Waals surface area contributed by atoms with E-state index < -0.39 is 0 Å². The molecule has 1 aromatic carbocycles. The van der Waals surface area contributed by atoms with Gasteiger partial charge in [-0.05, 0) is 25.1 Å². The van der Waals surface area contributed by atoms with Crippen molar-refractivity contribution in [3.05, 3.63) is 34.3 Å². The van der Waals surface area contributed by atoms with Crippen LogP contribution < -0.4 is 11.1 Å². The Morgan fingerprint density at radius 2 is 2.05 bits per heavy atom. The largest absolute Gasteiger partial charge is 0.370 e. The Bertz CT molecular complexity index is 592. The molecule has 0 aliphatic carbocycles. The lowest BCUT2D eigenvalue weighted by atomic mass is 10.4. The van der Waals surface area contributed by atoms with Gasteiger partial charge in [0.25, 0.3) is 0 Å². The third-order valence-electron chi connectivity index (χ3n) is 2.19. The Morgan fingerprint density at radius 1 is 1.26 bits per heavy atom. The predicted octanol–water partition coefficient (Wildman–Crippen LogP) is 3.95. The van der Waals surface area contributed by atoms with E-state index in [1.165, 1.54) is 11.8 Å². The van der Waals surface area contributed by atoms with Crippen LogP contribution in [0.4, 0.5) is 11.8 Å². The molecule has 19 heavy (non-hydrogen) atoms. The standard InChI is InChI=1S/C12H12Cl2N4S/c1-2-16-10-6-11(18-12(15)17-10)19-9-5-7(13)3-4-8(9)14/h3-6H,2H2,1H3,(H3,15,16,17,18). The van der Waals surface area contributed by atoms with E-state index in [2.05, 4.69) is 15.3 Å². The molecule has 1 heterocycles. The molecule has 2 aromatic rings. The number of rotatable bonds is 4. The first kappa shape index (κ1) is 14.2. The molecule has 0 aliphatic heterocycles. The summed E-state index contributed by atoms with van der Waals surface area (Å²) >= 11 is 13.5. The minimum Gasteiger partial charge on any atom is -0.370 e.